The van der Waals surface area contributed by atoms with Gasteiger partial charge in [-0.15, -0.1) is 0 Å². The Labute approximate surface area is 110 Å². The van der Waals surface area contributed by atoms with E-state index >= 15 is 0 Å². The molecule has 0 aromatic heterocycles. The Bertz CT molecular complexity index is 421. The second-order valence-electron chi connectivity index (χ2n) is 4.54. The van der Waals surface area contributed by atoms with E-state index in [-0.39, 0.29) is 5.41 Å². The maximum Gasteiger partial charge on any atom is 0.338 e. The quantitative estimate of drug-likeness (QED) is 0.795. The Morgan fingerprint density at radius 1 is 1.35 bits per heavy atom. The molecule has 1 aliphatic rings. The lowest BCUT2D eigenvalue weighted by molar-refractivity contribution is -0.127. The molecule has 0 N–H and O–H groups in total. The molecule has 0 spiro atoms. The van der Waals surface area contributed by atoms with E-state index in [4.69, 9.17) is 32.7 Å². The van der Waals surface area contributed by atoms with Crippen LogP contribution < -0.4 is 0 Å². The maximum atomic E-state index is 11.8. The van der Waals surface area contributed by atoms with Crippen molar-refractivity contribution in [1.82, 2.24) is 0 Å². The summed E-state index contributed by atoms with van der Waals surface area (Å²) >= 11 is 11.6. The van der Waals surface area contributed by atoms with Crippen molar-refractivity contribution in [3.63, 3.8) is 0 Å². The standard InChI is InChI=1S/C12H12Cl2O3/c1-12(5-16-6-12)7-17-11(15)8-2-9(13)4-10(14)3-8/h2-4H,5-7H2,1H3. The first-order valence-electron chi connectivity index (χ1n) is 5.19. The molecular formula is C12H12Cl2O3. The Hall–Kier alpha value is -0.770. The van der Waals surface area contributed by atoms with Gasteiger partial charge in [0.2, 0.25) is 0 Å². The predicted octanol–water partition coefficient (Wildman–Crippen LogP) is 3.19. The molecule has 0 saturated carbocycles. The van der Waals surface area contributed by atoms with Crippen LogP contribution in [0, 0.1) is 5.41 Å². The monoisotopic (exact) mass is 274 g/mol. The number of benzene rings is 1. The molecule has 0 bridgehead atoms. The molecule has 5 heteroatoms. The molecule has 1 aromatic carbocycles. The van der Waals surface area contributed by atoms with Crippen molar-refractivity contribution < 1.29 is 14.3 Å². The normalized spacial score (nSPS) is 17.4. The SMILES string of the molecule is CC1(COC(=O)c2cc(Cl)cc(Cl)c2)COC1. The highest BCUT2D eigenvalue weighted by molar-refractivity contribution is 6.35. The van der Waals surface area contributed by atoms with Gasteiger partial charge >= 0.3 is 5.97 Å². The third-order valence-electron chi connectivity index (χ3n) is 2.55. The molecule has 1 aliphatic heterocycles. The molecule has 1 aromatic rings. The summed E-state index contributed by atoms with van der Waals surface area (Å²) in [6.45, 7) is 3.60. The minimum Gasteiger partial charge on any atom is -0.461 e. The molecule has 0 atom stereocenters. The summed E-state index contributed by atoms with van der Waals surface area (Å²) in [7, 11) is 0. The minimum atomic E-state index is -0.414. The molecule has 17 heavy (non-hydrogen) atoms. The van der Waals surface area contributed by atoms with Crippen LogP contribution in [-0.2, 0) is 9.47 Å². The number of hydrogen-bond donors (Lipinski definition) is 0. The van der Waals surface area contributed by atoms with Gasteiger partial charge in [0.15, 0.2) is 0 Å². The van der Waals surface area contributed by atoms with Gasteiger partial charge < -0.3 is 9.47 Å². The highest BCUT2D eigenvalue weighted by Gasteiger charge is 2.34. The molecule has 1 saturated heterocycles. The summed E-state index contributed by atoms with van der Waals surface area (Å²) in [6, 6.07) is 4.64. The second kappa shape index (κ2) is 4.84. The summed E-state index contributed by atoms with van der Waals surface area (Å²) < 4.78 is 10.3. The van der Waals surface area contributed by atoms with Crippen LogP contribution in [0.25, 0.3) is 0 Å². The van der Waals surface area contributed by atoms with E-state index in [0.717, 1.165) is 0 Å². The molecule has 0 radical (unpaired) electrons. The molecule has 0 amide bonds. The zero-order valence-electron chi connectivity index (χ0n) is 9.33. The maximum absolute atomic E-state index is 11.8. The van der Waals surface area contributed by atoms with Gasteiger partial charge in [0.25, 0.3) is 0 Å². The first-order valence-corrected chi connectivity index (χ1v) is 5.95. The van der Waals surface area contributed by atoms with Crippen LogP contribution in [0.1, 0.15) is 17.3 Å². The van der Waals surface area contributed by atoms with Crippen LogP contribution in [-0.4, -0.2) is 25.8 Å². The fraction of sp³-hybridized carbons (Fsp3) is 0.417. The third-order valence-corrected chi connectivity index (χ3v) is 2.99. The van der Waals surface area contributed by atoms with Crippen LogP contribution in [0.4, 0.5) is 0 Å². The van der Waals surface area contributed by atoms with Gasteiger partial charge in [-0.05, 0) is 18.2 Å². The smallest absolute Gasteiger partial charge is 0.338 e. The highest BCUT2D eigenvalue weighted by atomic mass is 35.5. The molecule has 0 aliphatic carbocycles. The lowest BCUT2D eigenvalue weighted by Crippen LogP contribution is -2.44. The first kappa shape index (κ1) is 12.7. The van der Waals surface area contributed by atoms with Crippen molar-refractivity contribution in [3.8, 4) is 0 Å². The van der Waals surface area contributed by atoms with Crippen LogP contribution in [0.5, 0.6) is 0 Å². The molecule has 1 fully saturated rings. The Morgan fingerprint density at radius 3 is 2.41 bits per heavy atom. The van der Waals surface area contributed by atoms with Crippen LogP contribution >= 0.6 is 23.2 Å². The van der Waals surface area contributed by atoms with Gasteiger partial charge in [0, 0.05) is 15.5 Å². The fourth-order valence-electron chi connectivity index (χ4n) is 1.53. The fourth-order valence-corrected chi connectivity index (χ4v) is 2.05. The summed E-state index contributed by atoms with van der Waals surface area (Å²) in [5.41, 5.74) is 0.309. The summed E-state index contributed by atoms with van der Waals surface area (Å²) in [5.74, 6) is -0.414. The van der Waals surface area contributed by atoms with Crippen molar-refractivity contribution in [1.29, 1.82) is 0 Å². The van der Waals surface area contributed by atoms with Crippen molar-refractivity contribution in [2.24, 2.45) is 5.41 Å². The first-order chi connectivity index (χ1) is 7.98. The van der Waals surface area contributed by atoms with Gasteiger partial charge in [-0.3, -0.25) is 0 Å². The molecular weight excluding hydrogens is 263 g/mol. The Morgan fingerprint density at radius 2 is 1.94 bits per heavy atom. The van der Waals surface area contributed by atoms with Crippen LogP contribution in [0.3, 0.4) is 0 Å². The summed E-state index contributed by atoms with van der Waals surface area (Å²) in [5, 5.41) is 0.838. The zero-order chi connectivity index (χ0) is 12.5. The van der Waals surface area contributed by atoms with E-state index in [9.17, 15) is 4.79 Å². The van der Waals surface area contributed by atoms with E-state index in [1.54, 1.807) is 6.07 Å². The number of ether oxygens (including phenoxy) is 2. The number of halogens is 2. The third kappa shape index (κ3) is 3.12. The molecule has 3 nitrogen and oxygen atoms in total. The van der Waals surface area contributed by atoms with Gasteiger partial charge in [-0.2, -0.15) is 0 Å². The largest absolute Gasteiger partial charge is 0.461 e. The number of hydrogen-bond acceptors (Lipinski definition) is 3. The van der Waals surface area contributed by atoms with E-state index < -0.39 is 5.97 Å². The highest BCUT2D eigenvalue weighted by Crippen LogP contribution is 2.27. The van der Waals surface area contributed by atoms with Crippen molar-refractivity contribution in [3.05, 3.63) is 33.8 Å². The average molecular weight is 275 g/mol. The number of rotatable bonds is 3. The Balaban J connectivity index is 1.99. The molecule has 92 valence electrons. The minimum absolute atomic E-state index is 0.0575. The number of carbonyl (C=O) groups is 1. The van der Waals surface area contributed by atoms with Gasteiger partial charge in [0.05, 0.1) is 18.8 Å². The summed E-state index contributed by atoms with van der Waals surface area (Å²) in [4.78, 5) is 11.8. The van der Waals surface area contributed by atoms with Crippen LogP contribution in [0.2, 0.25) is 10.0 Å². The van der Waals surface area contributed by atoms with Gasteiger partial charge in [-0.1, -0.05) is 30.1 Å². The van der Waals surface area contributed by atoms with Crippen LogP contribution in [0.15, 0.2) is 18.2 Å². The van der Waals surface area contributed by atoms with E-state index in [2.05, 4.69) is 0 Å². The molecule has 2 rings (SSSR count). The summed E-state index contributed by atoms with van der Waals surface area (Å²) in [6.07, 6.45) is 0. The topological polar surface area (TPSA) is 35.5 Å². The number of esters is 1. The van der Waals surface area contributed by atoms with Crippen molar-refractivity contribution in [2.75, 3.05) is 19.8 Å². The van der Waals surface area contributed by atoms with Crippen molar-refractivity contribution in [2.45, 2.75) is 6.92 Å². The van der Waals surface area contributed by atoms with Gasteiger partial charge in [0.1, 0.15) is 6.61 Å². The van der Waals surface area contributed by atoms with E-state index in [0.29, 0.717) is 35.4 Å². The average Bonchev–Trinajstić information content (AvgIpc) is 2.22. The predicted molar refractivity (Wildman–Crippen MR) is 65.7 cm³/mol. The molecule has 0 unspecified atom stereocenters. The van der Waals surface area contributed by atoms with E-state index in [1.807, 2.05) is 6.92 Å². The van der Waals surface area contributed by atoms with Crippen molar-refractivity contribution >= 4 is 29.2 Å². The van der Waals surface area contributed by atoms with E-state index in [1.165, 1.54) is 12.1 Å². The second-order valence-corrected chi connectivity index (χ2v) is 5.41. The lowest BCUT2D eigenvalue weighted by Gasteiger charge is -2.37. The molecule has 1 heterocycles. The zero-order valence-corrected chi connectivity index (χ0v) is 10.8. The Kier molecular flexibility index (Phi) is 3.61. The van der Waals surface area contributed by atoms with Gasteiger partial charge in [-0.25, -0.2) is 4.79 Å². The lowest BCUT2D eigenvalue weighted by atomic mass is 9.90. The number of carbonyl (C=O) groups excluding carboxylic acids is 1.